The number of aliphatic hydroxyl groups is 1. The van der Waals surface area contributed by atoms with Gasteiger partial charge in [0, 0.05) is 4.90 Å². The summed E-state index contributed by atoms with van der Waals surface area (Å²) in [6.45, 7) is 4.14. The Balaban J connectivity index is 2.15. The summed E-state index contributed by atoms with van der Waals surface area (Å²) in [4.78, 5) is 13.2. The number of amides is 1. The standard InChI is InChI=1S/C14H17NO2S/c1-9(2)8-11-12(16)13(14(17)15-11)18-10-6-4-3-5-7-10/h3-7,9,11,16H,8H2,1-2H3,(H,15,17). The van der Waals surface area contributed by atoms with Crippen LogP contribution in [0.4, 0.5) is 0 Å². The van der Waals surface area contributed by atoms with Gasteiger partial charge in [0.25, 0.3) is 5.91 Å². The van der Waals surface area contributed by atoms with Crippen molar-refractivity contribution in [3.05, 3.63) is 41.0 Å². The largest absolute Gasteiger partial charge is 0.509 e. The minimum absolute atomic E-state index is 0.174. The van der Waals surface area contributed by atoms with Crippen LogP contribution in [0.2, 0.25) is 0 Å². The minimum atomic E-state index is -0.233. The Bertz CT molecular complexity index is 468. The van der Waals surface area contributed by atoms with Crippen molar-refractivity contribution in [1.82, 2.24) is 5.32 Å². The van der Waals surface area contributed by atoms with Gasteiger partial charge in [0.2, 0.25) is 0 Å². The van der Waals surface area contributed by atoms with Gasteiger partial charge in [-0.3, -0.25) is 4.79 Å². The summed E-state index contributed by atoms with van der Waals surface area (Å²) < 4.78 is 0. The van der Waals surface area contributed by atoms with E-state index in [0.717, 1.165) is 11.3 Å². The molecule has 0 aromatic heterocycles. The first kappa shape index (κ1) is 13.0. The van der Waals surface area contributed by atoms with Crippen molar-refractivity contribution in [1.29, 1.82) is 0 Å². The Labute approximate surface area is 111 Å². The Hall–Kier alpha value is -1.42. The number of carbonyl (C=O) groups is 1. The fraction of sp³-hybridized carbons (Fsp3) is 0.357. The maximum atomic E-state index is 11.8. The molecule has 0 saturated carbocycles. The predicted octanol–water partition coefficient (Wildman–Crippen LogP) is 3.09. The van der Waals surface area contributed by atoms with E-state index < -0.39 is 0 Å². The fourth-order valence-corrected chi connectivity index (χ4v) is 2.84. The third-order valence-electron chi connectivity index (χ3n) is 2.74. The van der Waals surface area contributed by atoms with Gasteiger partial charge in [-0.1, -0.05) is 43.8 Å². The molecule has 0 fully saturated rings. The molecule has 0 aliphatic carbocycles. The normalized spacial score (nSPS) is 19.5. The van der Waals surface area contributed by atoms with E-state index >= 15 is 0 Å². The number of aliphatic hydroxyl groups excluding tert-OH is 1. The lowest BCUT2D eigenvalue weighted by atomic mass is 10.0. The number of benzene rings is 1. The topological polar surface area (TPSA) is 49.3 Å². The van der Waals surface area contributed by atoms with Crippen LogP contribution in [-0.2, 0) is 4.79 Å². The maximum absolute atomic E-state index is 11.8. The molecule has 3 nitrogen and oxygen atoms in total. The zero-order chi connectivity index (χ0) is 13.1. The van der Waals surface area contributed by atoms with Crippen molar-refractivity contribution in [2.75, 3.05) is 0 Å². The zero-order valence-corrected chi connectivity index (χ0v) is 11.3. The molecular formula is C14H17NO2S. The lowest BCUT2D eigenvalue weighted by Gasteiger charge is -2.12. The number of rotatable bonds is 4. The van der Waals surface area contributed by atoms with Gasteiger partial charge in [-0.15, -0.1) is 0 Å². The third-order valence-corrected chi connectivity index (χ3v) is 3.85. The van der Waals surface area contributed by atoms with Crippen molar-refractivity contribution in [3.8, 4) is 0 Å². The first-order valence-electron chi connectivity index (χ1n) is 6.05. The van der Waals surface area contributed by atoms with E-state index in [1.807, 2.05) is 30.3 Å². The summed E-state index contributed by atoms with van der Waals surface area (Å²) in [5, 5.41) is 12.9. The molecule has 0 radical (unpaired) electrons. The first-order chi connectivity index (χ1) is 8.58. The Kier molecular flexibility index (Phi) is 3.97. The third kappa shape index (κ3) is 2.88. The van der Waals surface area contributed by atoms with Gasteiger partial charge in [-0.05, 0) is 24.5 Å². The molecule has 4 heteroatoms. The average molecular weight is 263 g/mol. The van der Waals surface area contributed by atoms with Crippen LogP contribution in [0.15, 0.2) is 45.9 Å². The van der Waals surface area contributed by atoms with Gasteiger partial charge in [0.1, 0.15) is 10.7 Å². The Morgan fingerprint density at radius 1 is 1.33 bits per heavy atom. The van der Waals surface area contributed by atoms with Crippen LogP contribution in [0.3, 0.4) is 0 Å². The van der Waals surface area contributed by atoms with Crippen LogP contribution in [0.5, 0.6) is 0 Å². The fourth-order valence-electron chi connectivity index (χ4n) is 1.91. The second kappa shape index (κ2) is 5.48. The van der Waals surface area contributed by atoms with E-state index in [0.29, 0.717) is 10.8 Å². The second-order valence-electron chi connectivity index (χ2n) is 4.79. The lowest BCUT2D eigenvalue weighted by molar-refractivity contribution is -0.116. The van der Waals surface area contributed by atoms with E-state index in [4.69, 9.17) is 0 Å². The van der Waals surface area contributed by atoms with Crippen LogP contribution >= 0.6 is 11.8 Å². The molecule has 2 rings (SSSR count). The molecule has 1 atom stereocenters. The van der Waals surface area contributed by atoms with Crippen LogP contribution in [0.25, 0.3) is 0 Å². The molecule has 0 saturated heterocycles. The van der Waals surface area contributed by atoms with E-state index in [2.05, 4.69) is 19.2 Å². The van der Waals surface area contributed by atoms with Gasteiger partial charge < -0.3 is 10.4 Å². The van der Waals surface area contributed by atoms with Gasteiger partial charge >= 0.3 is 0 Å². The molecule has 96 valence electrons. The van der Waals surface area contributed by atoms with Crippen molar-refractivity contribution < 1.29 is 9.90 Å². The lowest BCUT2D eigenvalue weighted by Crippen LogP contribution is -2.30. The molecule has 1 aromatic carbocycles. The molecular weight excluding hydrogens is 246 g/mol. The molecule has 0 bridgehead atoms. The summed E-state index contributed by atoms with van der Waals surface area (Å²) in [5.74, 6) is 0.438. The summed E-state index contributed by atoms with van der Waals surface area (Å²) in [7, 11) is 0. The summed E-state index contributed by atoms with van der Waals surface area (Å²) >= 11 is 1.32. The molecule has 1 amide bonds. The van der Waals surface area contributed by atoms with Gasteiger partial charge in [0.15, 0.2) is 0 Å². The quantitative estimate of drug-likeness (QED) is 0.877. The number of carbonyl (C=O) groups excluding carboxylic acids is 1. The molecule has 1 heterocycles. The smallest absolute Gasteiger partial charge is 0.262 e. The summed E-state index contributed by atoms with van der Waals surface area (Å²) in [6, 6.07) is 9.37. The highest BCUT2D eigenvalue weighted by atomic mass is 32.2. The highest BCUT2D eigenvalue weighted by Gasteiger charge is 2.32. The van der Waals surface area contributed by atoms with Crippen LogP contribution in [0, 0.1) is 5.92 Å². The van der Waals surface area contributed by atoms with Crippen LogP contribution < -0.4 is 5.32 Å². The van der Waals surface area contributed by atoms with Crippen molar-refractivity contribution >= 4 is 17.7 Å². The molecule has 2 N–H and O–H groups in total. The number of hydrogen-bond donors (Lipinski definition) is 2. The molecule has 1 aliphatic heterocycles. The minimum Gasteiger partial charge on any atom is -0.509 e. The number of nitrogens with one attached hydrogen (secondary N) is 1. The van der Waals surface area contributed by atoms with Gasteiger partial charge in [-0.25, -0.2) is 0 Å². The monoisotopic (exact) mass is 263 g/mol. The highest BCUT2D eigenvalue weighted by molar-refractivity contribution is 8.04. The SMILES string of the molecule is CC(C)CC1NC(=O)C(Sc2ccccc2)=C1O. The molecule has 0 spiro atoms. The predicted molar refractivity (Wildman–Crippen MR) is 73.3 cm³/mol. The molecule has 18 heavy (non-hydrogen) atoms. The van der Waals surface area contributed by atoms with E-state index in [9.17, 15) is 9.90 Å². The molecule has 1 unspecified atom stereocenters. The second-order valence-corrected chi connectivity index (χ2v) is 5.87. The van der Waals surface area contributed by atoms with Crippen molar-refractivity contribution in [2.45, 2.75) is 31.2 Å². The highest BCUT2D eigenvalue weighted by Crippen LogP contribution is 2.33. The number of hydrogen-bond acceptors (Lipinski definition) is 3. The maximum Gasteiger partial charge on any atom is 0.262 e. The van der Waals surface area contributed by atoms with E-state index in [1.165, 1.54) is 11.8 Å². The van der Waals surface area contributed by atoms with Crippen LogP contribution in [0.1, 0.15) is 20.3 Å². The van der Waals surface area contributed by atoms with E-state index in [1.54, 1.807) is 0 Å². The van der Waals surface area contributed by atoms with Crippen molar-refractivity contribution in [2.24, 2.45) is 5.92 Å². The number of thioether (sulfide) groups is 1. The Morgan fingerprint density at radius 3 is 2.61 bits per heavy atom. The Morgan fingerprint density at radius 2 is 2.00 bits per heavy atom. The summed E-state index contributed by atoms with van der Waals surface area (Å²) in [6.07, 6.45) is 0.760. The van der Waals surface area contributed by atoms with Gasteiger partial charge in [0.05, 0.1) is 6.04 Å². The average Bonchev–Trinajstić information content (AvgIpc) is 2.58. The zero-order valence-electron chi connectivity index (χ0n) is 10.5. The summed E-state index contributed by atoms with van der Waals surface area (Å²) in [5.41, 5.74) is 0. The van der Waals surface area contributed by atoms with Crippen molar-refractivity contribution in [3.63, 3.8) is 0 Å². The van der Waals surface area contributed by atoms with Crippen LogP contribution in [-0.4, -0.2) is 17.1 Å². The van der Waals surface area contributed by atoms with Gasteiger partial charge in [-0.2, -0.15) is 0 Å². The van der Waals surface area contributed by atoms with E-state index in [-0.39, 0.29) is 17.7 Å². The first-order valence-corrected chi connectivity index (χ1v) is 6.86. The molecule has 1 aliphatic rings. The molecule has 1 aromatic rings.